The van der Waals surface area contributed by atoms with Crippen LogP contribution in [0.4, 0.5) is 0 Å². The molecule has 0 bridgehead atoms. The van der Waals surface area contributed by atoms with Crippen LogP contribution in [0.25, 0.3) is 11.0 Å². The molecule has 49 heavy (non-hydrogen) atoms. The molecule has 13 nitrogen and oxygen atoms in total. The predicted octanol–water partition coefficient (Wildman–Crippen LogP) is 2.89. The number of nitrogens with zero attached hydrogens (tertiary/aromatic N) is 1. The van der Waals surface area contributed by atoms with Crippen molar-refractivity contribution in [1.29, 1.82) is 0 Å². The van der Waals surface area contributed by atoms with Crippen LogP contribution in [0.15, 0.2) is 81.5 Å². The summed E-state index contributed by atoms with van der Waals surface area (Å²) < 4.78 is 28.9. The smallest absolute Gasteiger partial charge is 0.349 e. The van der Waals surface area contributed by atoms with Crippen molar-refractivity contribution < 1.29 is 48.3 Å². The molecular formula is C35H33IN2O11. The third kappa shape index (κ3) is 7.22. The normalized spacial score (nSPS) is 18.1. The first-order chi connectivity index (χ1) is 23.7. The lowest BCUT2D eigenvalue weighted by molar-refractivity contribution is -0.118. The number of aliphatic hydroxyl groups excluding tert-OH is 3. The Labute approximate surface area is 293 Å². The van der Waals surface area contributed by atoms with E-state index in [2.05, 4.69) is 5.32 Å². The van der Waals surface area contributed by atoms with Crippen LogP contribution >= 0.6 is 22.6 Å². The third-order valence-electron chi connectivity index (χ3n) is 8.26. The molecule has 0 unspecified atom stereocenters. The van der Waals surface area contributed by atoms with Crippen LogP contribution in [0, 0.1) is 3.57 Å². The van der Waals surface area contributed by atoms with Crippen LogP contribution in [-0.2, 0) is 17.9 Å². The number of aliphatic hydroxyl groups is 3. The molecule has 256 valence electrons. The summed E-state index contributed by atoms with van der Waals surface area (Å²) in [5, 5.41) is 34.2. The highest BCUT2D eigenvalue weighted by molar-refractivity contribution is 14.1. The fraction of sp³-hybridized carbons (Fsp3) is 0.286. The largest absolute Gasteiger partial charge is 0.493 e. The van der Waals surface area contributed by atoms with Crippen molar-refractivity contribution in [3.63, 3.8) is 0 Å². The first kappa shape index (κ1) is 34.2. The maximum atomic E-state index is 14.5. The van der Waals surface area contributed by atoms with E-state index in [1.165, 1.54) is 24.2 Å². The minimum atomic E-state index is -1.42. The van der Waals surface area contributed by atoms with E-state index in [4.69, 9.17) is 23.4 Å². The molecule has 0 saturated carbocycles. The van der Waals surface area contributed by atoms with E-state index in [1.807, 2.05) is 22.6 Å². The second-order valence-electron chi connectivity index (χ2n) is 11.4. The van der Waals surface area contributed by atoms with Crippen LogP contribution in [0.5, 0.6) is 23.0 Å². The summed E-state index contributed by atoms with van der Waals surface area (Å²) in [7, 11) is 1.43. The number of halogens is 1. The lowest BCUT2D eigenvalue weighted by Gasteiger charge is -2.40. The van der Waals surface area contributed by atoms with Gasteiger partial charge in [-0.1, -0.05) is 24.3 Å². The topological polar surface area (TPSA) is 177 Å². The lowest BCUT2D eigenvalue weighted by atomic mass is 9.87. The number of rotatable bonds is 11. The first-order valence-corrected chi connectivity index (χ1v) is 16.4. The van der Waals surface area contributed by atoms with Gasteiger partial charge in [-0.2, -0.15) is 0 Å². The summed E-state index contributed by atoms with van der Waals surface area (Å²) in [6.45, 7) is -0.632. The zero-order chi connectivity index (χ0) is 34.7. The quantitative estimate of drug-likeness (QED) is 0.130. The first-order valence-electron chi connectivity index (χ1n) is 15.3. The van der Waals surface area contributed by atoms with Gasteiger partial charge in [0.15, 0.2) is 23.0 Å². The van der Waals surface area contributed by atoms with Gasteiger partial charge in [-0.25, -0.2) is 4.79 Å². The SMILES string of the molecule is COc1cc(CO)cc(I)c1O[C@H]1C=C(C(=O)NCCO)C[C@@H](N(Cc2ccc3c(c2)OCO3)C(=O)c2cc3ccccc3oc2=O)[C@@H]1O. The summed E-state index contributed by atoms with van der Waals surface area (Å²) in [4.78, 5) is 42.4. The molecule has 3 atom stereocenters. The molecule has 1 aliphatic carbocycles. The molecule has 0 saturated heterocycles. The highest BCUT2D eigenvalue weighted by atomic mass is 127. The molecule has 2 heterocycles. The van der Waals surface area contributed by atoms with E-state index in [0.29, 0.717) is 37.2 Å². The number of ether oxygens (including phenoxy) is 4. The van der Waals surface area contributed by atoms with Crippen molar-refractivity contribution >= 4 is 45.4 Å². The van der Waals surface area contributed by atoms with Crippen LogP contribution in [0.1, 0.15) is 27.9 Å². The number of amides is 2. The Bertz CT molecular complexity index is 1980. The lowest BCUT2D eigenvalue weighted by Crippen LogP contribution is -2.55. The molecule has 1 aromatic heterocycles. The van der Waals surface area contributed by atoms with Gasteiger partial charge < -0.3 is 48.9 Å². The van der Waals surface area contributed by atoms with Gasteiger partial charge in [-0.05, 0) is 76.2 Å². The number of para-hydroxylation sites is 1. The van der Waals surface area contributed by atoms with Crippen LogP contribution in [-0.4, -0.2) is 77.3 Å². The number of carbonyl (C=O) groups excluding carboxylic acids is 2. The zero-order valence-electron chi connectivity index (χ0n) is 26.3. The molecule has 2 amide bonds. The average Bonchev–Trinajstić information content (AvgIpc) is 3.58. The number of hydrogen-bond donors (Lipinski definition) is 4. The van der Waals surface area contributed by atoms with Gasteiger partial charge in [0.05, 0.1) is 29.9 Å². The molecule has 2 aliphatic rings. The van der Waals surface area contributed by atoms with Gasteiger partial charge in [0.25, 0.3) is 5.91 Å². The maximum Gasteiger partial charge on any atom is 0.349 e. The molecule has 4 N–H and O–H groups in total. The minimum absolute atomic E-state index is 0.0265. The number of nitrogens with one attached hydrogen (secondary N) is 1. The summed E-state index contributed by atoms with van der Waals surface area (Å²) in [6, 6.07) is 15.6. The molecular weight excluding hydrogens is 751 g/mol. The third-order valence-corrected chi connectivity index (χ3v) is 9.06. The average molecular weight is 785 g/mol. The summed E-state index contributed by atoms with van der Waals surface area (Å²) in [6.07, 6.45) is -1.25. The van der Waals surface area contributed by atoms with Crippen molar-refractivity contribution in [2.45, 2.75) is 37.8 Å². The molecule has 0 spiro atoms. The standard InChI is InChI=1S/C35H33IN2O11/c1-45-30-12-20(17-40)10-24(36)32(30)48-29-15-22(33(42)37-8-9-39)14-25(31(29)41)38(16-19-6-7-27-28(11-19)47-18-46-27)34(43)23-13-21-4-2-3-5-26(21)49-35(23)44/h2-7,10-13,15,25,29,31,39-41H,8-9,14,16-18H2,1H3,(H,37,42)/t25-,29+,31+/m1/s1. The summed E-state index contributed by atoms with van der Waals surface area (Å²) in [5.74, 6) is 0.267. The Morgan fingerprint density at radius 2 is 1.84 bits per heavy atom. The molecule has 6 rings (SSSR count). The van der Waals surface area contributed by atoms with E-state index in [0.717, 1.165) is 0 Å². The van der Waals surface area contributed by atoms with Gasteiger partial charge in [-0.3, -0.25) is 9.59 Å². The Morgan fingerprint density at radius 3 is 2.61 bits per heavy atom. The van der Waals surface area contributed by atoms with Crippen molar-refractivity contribution in [2.24, 2.45) is 0 Å². The monoisotopic (exact) mass is 784 g/mol. The van der Waals surface area contributed by atoms with Gasteiger partial charge in [0, 0.05) is 30.5 Å². The Kier molecular flexibility index (Phi) is 10.4. The summed E-state index contributed by atoms with van der Waals surface area (Å²) in [5.41, 5.74) is 0.537. The molecule has 4 aromatic rings. The van der Waals surface area contributed by atoms with E-state index in [1.54, 1.807) is 54.6 Å². The predicted molar refractivity (Wildman–Crippen MR) is 184 cm³/mol. The van der Waals surface area contributed by atoms with Gasteiger partial charge in [0.2, 0.25) is 12.7 Å². The van der Waals surface area contributed by atoms with Crippen molar-refractivity contribution in [2.75, 3.05) is 27.1 Å². The number of methoxy groups -OCH3 is 1. The molecule has 1 aliphatic heterocycles. The van der Waals surface area contributed by atoms with Gasteiger partial charge in [0.1, 0.15) is 23.4 Å². The van der Waals surface area contributed by atoms with Gasteiger partial charge in [-0.15, -0.1) is 0 Å². The Balaban J connectivity index is 1.44. The van der Waals surface area contributed by atoms with E-state index < -0.39 is 35.7 Å². The second-order valence-corrected chi connectivity index (χ2v) is 12.6. The molecule has 3 aromatic carbocycles. The van der Waals surface area contributed by atoms with Crippen LogP contribution in [0.3, 0.4) is 0 Å². The molecule has 0 radical (unpaired) electrons. The van der Waals surface area contributed by atoms with E-state index >= 15 is 0 Å². The fourth-order valence-corrected chi connectivity index (χ4v) is 6.63. The fourth-order valence-electron chi connectivity index (χ4n) is 5.84. The van der Waals surface area contributed by atoms with Crippen LogP contribution < -0.4 is 29.9 Å². The number of fused-ring (bicyclic) bond motifs is 2. The number of benzene rings is 3. The second kappa shape index (κ2) is 14.9. The van der Waals surface area contributed by atoms with Crippen molar-refractivity contribution in [3.05, 3.63) is 103 Å². The van der Waals surface area contributed by atoms with E-state index in [-0.39, 0.29) is 62.2 Å². The summed E-state index contributed by atoms with van der Waals surface area (Å²) >= 11 is 2.02. The highest BCUT2D eigenvalue weighted by Crippen LogP contribution is 2.38. The minimum Gasteiger partial charge on any atom is -0.493 e. The van der Waals surface area contributed by atoms with Crippen molar-refractivity contribution in [3.8, 4) is 23.0 Å². The number of hydrogen-bond acceptors (Lipinski definition) is 11. The Morgan fingerprint density at radius 1 is 1.04 bits per heavy atom. The van der Waals surface area contributed by atoms with Gasteiger partial charge >= 0.3 is 5.63 Å². The van der Waals surface area contributed by atoms with E-state index in [9.17, 15) is 29.7 Å². The van der Waals surface area contributed by atoms with Crippen LogP contribution in [0.2, 0.25) is 0 Å². The Hall–Kier alpha value is -4.64. The maximum absolute atomic E-state index is 14.5. The molecule has 0 fully saturated rings. The highest BCUT2D eigenvalue weighted by Gasteiger charge is 2.42. The van der Waals surface area contributed by atoms with Crippen molar-refractivity contribution in [1.82, 2.24) is 10.2 Å². The number of carbonyl (C=O) groups is 2. The zero-order valence-corrected chi connectivity index (χ0v) is 28.4. The molecule has 14 heteroatoms.